The summed E-state index contributed by atoms with van der Waals surface area (Å²) in [6.45, 7) is 4.88. The van der Waals surface area contributed by atoms with E-state index in [1.807, 2.05) is 13.2 Å². The Bertz CT molecular complexity index is 178. The van der Waals surface area contributed by atoms with Gasteiger partial charge in [-0.05, 0) is 38.9 Å². The maximum absolute atomic E-state index is 10.0. The van der Waals surface area contributed by atoms with Crippen molar-refractivity contribution in [3.63, 3.8) is 0 Å². The molecule has 0 saturated heterocycles. The van der Waals surface area contributed by atoms with Crippen LogP contribution in [-0.4, -0.2) is 35.3 Å². The van der Waals surface area contributed by atoms with Gasteiger partial charge in [-0.2, -0.15) is 11.8 Å². The average Bonchev–Trinajstić information content (AvgIpc) is 2.67. The van der Waals surface area contributed by atoms with Crippen LogP contribution in [0.25, 0.3) is 0 Å². The molecule has 1 rings (SSSR count). The van der Waals surface area contributed by atoms with Crippen molar-refractivity contribution in [1.82, 2.24) is 5.32 Å². The van der Waals surface area contributed by atoms with E-state index in [9.17, 15) is 5.11 Å². The third kappa shape index (κ3) is 4.75. The number of hydrogen-bond donors (Lipinski definition) is 2. The Kier molecular flexibility index (Phi) is 5.44. The van der Waals surface area contributed by atoms with Gasteiger partial charge in [0.15, 0.2) is 0 Å². The van der Waals surface area contributed by atoms with Crippen molar-refractivity contribution in [2.45, 2.75) is 51.2 Å². The predicted molar refractivity (Wildman–Crippen MR) is 68.4 cm³/mol. The van der Waals surface area contributed by atoms with E-state index in [0.29, 0.717) is 12.6 Å². The molecule has 90 valence electrons. The van der Waals surface area contributed by atoms with Gasteiger partial charge in [0, 0.05) is 18.3 Å². The van der Waals surface area contributed by atoms with Crippen molar-refractivity contribution in [2.24, 2.45) is 5.92 Å². The summed E-state index contributed by atoms with van der Waals surface area (Å²) in [6, 6.07) is 0.556. The lowest BCUT2D eigenvalue weighted by Gasteiger charge is -2.27. The lowest BCUT2D eigenvalue weighted by Crippen LogP contribution is -2.45. The van der Waals surface area contributed by atoms with Crippen LogP contribution in [0, 0.1) is 5.92 Å². The molecule has 1 aliphatic carbocycles. The SMILES string of the molecule is CSCC(C)(O)CNC(C)C1CCCC1. The number of rotatable bonds is 6. The normalized spacial score (nSPS) is 24.0. The van der Waals surface area contributed by atoms with Crippen molar-refractivity contribution in [2.75, 3.05) is 18.6 Å². The molecule has 3 heteroatoms. The zero-order valence-corrected chi connectivity index (χ0v) is 11.1. The van der Waals surface area contributed by atoms with Crippen LogP contribution in [0.1, 0.15) is 39.5 Å². The molecule has 0 amide bonds. The van der Waals surface area contributed by atoms with Crippen molar-refractivity contribution < 1.29 is 5.11 Å². The Labute approximate surface area is 98.2 Å². The lowest BCUT2D eigenvalue weighted by atomic mass is 9.99. The smallest absolute Gasteiger partial charge is 0.0833 e. The van der Waals surface area contributed by atoms with Crippen LogP contribution in [0.2, 0.25) is 0 Å². The quantitative estimate of drug-likeness (QED) is 0.735. The van der Waals surface area contributed by atoms with E-state index in [0.717, 1.165) is 11.7 Å². The number of thioether (sulfide) groups is 1. The largest absolute Gasteiger partial charge is 0.388 e. The van der Waals surface area contributed by atoms with Crippen LogP contribution < -0.4 is 5.32 Å². The van der Waals surface area contributed by atoms with E-state index in [1.165, 1.54) is 25.7 Å². The Balaban J connectivity index is 2.23. The summed E-state index contributed by atoms with van der Waals surface area (Å²) in [7, 11) is 0. The second-order valence-electron chi connectivity index (χ2n) is 5.14. The molecule has 15 heavy (non-hydrogen) atoms. The molecule has 0 heterocycles. The standard InChI is InChI=1S/C12H25NOS/c1-10(11-6-4-5-7-11)13-8-12(2,14)9-15-3/h10-11,13-14H,4-9H2,1-3H3. The van der Waals surface area contributed by atoms with E-state index in [2.05, 4.69) is 12.2 Å². The first-order valence-electron chi connectivity index (χ1n) is 6.00. The summed E-state index contributed by atoms with van der Waals surface area (Å²) in [5, 5.41) is 13.5. The van der Waals surface area contributed by atoms with Crippen molar-refractivity contribution >= 4 is 11.8 Å². The summed E-state index contributed by atoms with van der Waals surface area (Å²) < 4.78 is 0. The zero-order chi connectivity index (χ0) is 11.3. The first-order valence-corrected chi connectivity index (χ1v) is 7.39. The fourth-order valence-electron chi connectivity index (χ4n) is 2.37. The molecule has 2 nitrogen and oxygen atoms in total. The Hall–Kier alpha value is 0.270. The van der Waals surface area contributed by atoms with Crippen molar-refractivity contribution in [3.8, 4) is 0 Å². The Morgan fingerprint density at radius 1 is 1.47 bits per heavy atom. The minimum atomic E-state index is -0.563. The monoisotopic (exact) mass is 231 g/mol. The number of hydrogen-bond acceptors (Lipinski definition) is 3. The zero-order valence-electron chi connectivity index (χ0n) is 10.3. The van der Waals surface area contributed by atoms with Gasteiger partial charge in [-0.15, -0.1) is 0 Å². The molecule has 0 aromatic rings. The van der Waals surface area contributed by atoms with Crippen LogP contribution in [0.4, 0.5) is 0 Å². The molecule has 0 spiro atoms. The van der Waals surface area contributed by atoms with Gasteiger partial charge in [-0.25, -0.2) is 0 Å². The summed E-state index contributed by atoms with van der Waals surface area (Å²) >= 11 is 1.70. The lowest BCUT2D eigenvalue weighted by molar-refractivity contribution is 0.0794. The van der Waals surface area contributed by atoms with Gasteiger partial charge < -0.3 is 10.4 Å². The van der Waals surface area contributed by atoms with E-state index in [4.69, 9.17) is 0 Å². The van der Waals surface area contributed by atoms with Crippen molar-refractivity contribution in [1.29, 1.82) is 0 Å². The number of nitrogens with one attached hydrogen (secondary N) is 1. The van der Waals surface area contributed by atoms with Crippen LogP contribution in [0.15, 0.2) is 0 Å². The molecule has 1 fully saturated rings. The molecule has 0 aromatic carbocycles. The molecule has 1 saturated carbocycles. The molecule has 2 unspecified atom stereocenters. The summed E-state index contributed by atoms with van der Waals surface area (Å²) in [5.41, 5.74) is -0.563. The van der Waals surface area contributed by atoms with E-state index in [-0.39, 0.29) is 0 Å². The van der Waals surface area contributed by atoms with Gasteiger partial charge in [0.2, 0.25) is 0 Å². The summed E-state index contributed by atoms with van der Waals surface area (Å²) in [5.74, 6) is 1.63. The second-order valence-corrected chi connectivity index (χ2v) is 6.01. The highest BCUT2D eigenvalue weighted by Gasteiger charge is 2.24. The topological polar surface area (TPSA) is 32.3 Å². The molecule has 0 radical (unpaired) electrons. The fourth-order valence-corrected chi connectivity index (χ4v) is 3.09. The fraction of sp³-hybridized carbons (Fsp3) is 1.00. The van der Waals surface area contributed by atoms with Gasteiger partial charge in [0.05, 0.1) is 5.60 Å². The summed E-state index contributed by atoms with van der Waals surface area (Å²) in [4.78, 5) is 0. The Morgan fingerprint density at radius 3 is 2.60 bits per heavy atom. The third-order valence-electron chi connectivity index (χ3n) is 3.37. The molecule has 1 aliphatic rings. The van der Waals surface area contributed by atoms with Gasteiger partial charge >= 0.3 is 0 Å². The third-order valence-corrected chi connectivity index (χ3v) is 4.28. The minimum absolute atomic E-state index is 0.556. The van der Waals surface area contributed by atoms with E-state index < -0.39 is 5.60 Å². The van der Waals surface area contributed by atoms with Gasteiger partial charge in [-0.1, -0.05) is 12.8 Å². The van der Waals surface area contributed by atoms with Gasteiger partial charge in [0.1, 0.15) is 0 Å². The highest BCUT2D eigenvalue weighted by atomic mass is 32.2. The van der Waals surface area contributed by atoms with Gasteiger partial charge in [0.25, 0.3) is 0 Å². The van der Waals surface area contributed by atoms with Crippen LogP contribution in [-0.2, 0) is 0 Å². The maximum Gasteiger partial charge on any atom is 0.0833 e. The van der Waals surface area contributed by atoms with Crippen LogP contribution in [0.5, 0.6) is 0 Å². The van der Waals surface area contributed by atoms with E-state index in [1.54, 1.807) is 11.8 Å². The second kappa shape index (κ2) is 6.12. The average molecular weight is 231 g/mol. The first kappa shape index (κ1) is 13.3. The van der Waals surface area contributed by atoms with Gasteiger partial charge in [-0.3, -0.25) is 0 Å². The summed E-state index contributed by atoms with van der Waals surface area (Å²) in [6.07, 6.45) is 7.53. The molecular weight excluding hydrogens is 206 g/mol. The molecular formula is C12H25NOS. The Morgan fingerprint density at radius 2 is 2.07 bits per heavy atom. The molecule has 2 N–H and O–H groups in total. The van der Waals surface area contributed by atoms with Crippen molar-refractivity contribution in [3.05, 3.63) is 0 Å². The van der Waals surface area contributed by atoms with Crippen LogP contribution >= 0.6 is 11.8 Å². The molecule has 0 aromatic heterocycles. The highest BCUT2D eigenvalue weighted by molar-refractivity contribution is 7.98. The number of aliphatic hydroxyl groups is 1. The predicted octanol–water partition coefficient (Wildman–Crippen LogP) is 2.27. The maximum atomic E-state index is 10.0. The molecule has 0 aliphatic heterocycles. The minimum Gasteiger partial charge on any atom is -0.388 e. The van der Waals surface area contributed by atoms with E-state index >= 15 is 0 Å². The highest BCUT2D eigenvalue weighted by Crippen LogP contribution is 2.27. The molecule has 0 bridgehead atoms. The molecule has 2 atom stereocenters. The first-order chi connectivity index (χ1) is 7.05. The van der Waals surface area contributed by atoms with Crippen LogP contribution in [0.3, 0.4) is 0 Å².